The Hall–Kier alpha value is -4.24. The van der Waals surface area contributed by atoms with Crippen LogP contribution in [0.25, 0.3) is 27.9 Å². The number of para-hydroxylation sites is 1. The Balaban J connectivity index is 1.32. The minimum Gasteiger partial charge on any atom is -0.391 e. The molecule has 1 atom stereocenters. The van der Waals surface area contributed by atoms with E-state index in [0.717, 1.165) is 22.2 Å². The molecule has 1 saturated heterocycles. The molecule has 174 valence electrons. The van der Waals surface area contributed by atoms with Crippen molar-refractivity contribution in [2.24, 2.45) is 0 Å². The van der Waals surface area contributed by atoms with Crippen molar-refractivity contribution in [3.8, 4) is 11.3 Å². The van der Waals surface area contributed by atoms with Gasteiger partial charge in [0.15, 0.2) is 0 Å². The van der Waals surface area contributed by atoms with Crippen molar-refractivity contribution in [3.63, 3.8) is 0 Å². The number of imidazole rings is 1. The zero-order chi connectivity index (χ0) is 23.9. The number of aliphatic hydroxyl groups excluding tert-OH is 1. The van der Waals surface area contributed by atoms with Gasteiger partial charge < -0.3 is 10.0 Å². The fourth-order valence-corrected chi connectivity index (χ4v) is 4.52. The van der Waals surface area contributed by atoms with Crippen LogP contribution in [-0.2, 0) is 6.42 Å². The van der Waals surface area contributed by atoms with Gasteiger partial charge in [0.2, 0.25) is 0 Å². The average Bonchev–Trinajstić information content (AvgIpc) is 3.49. The van der Waals surface area contributed by atoms with Gasteiger partial charge in [0.25, 0.3) is 11.7 Å². The van der Waals surface area contributed by atoms with Crippen LogP contribution in [0.15, 0.2) is 67.1 Å². The highest BCUT2D eigenvalue weighted by Gasteiger charge is 2.27. The first-order chi connectivity index (χ1) is 17.1. The van der Waals surface area contributed by atoms with E-state index in [1.165, 1.54) is 17.0 Å². The van der Waals surface area contributed by atoms with E-state index in [4.69, 9.17) is 0 Å². The Morgan fingerprint density at radius 1 is 1.09 bits per heavy atom. The van der Waals surface area contributed by atoms with Crippen molar-refractivity contribution < 1.29 is 14.3 Å². The van der Waals surface area contributed by atoms with E-state index in [1.54, 1.807) is 29.2 Å². The molecule has 5 aromatic rings. The number of carbonyl (C=O) groups excluding carboxylic acids is 1. The SMILES string of the molecule is O=C(c1ccc(-c2cnc3ncc(Cc4cccc5cccnc45)n3n2)cc1F)N1CC[C@@H](O)C1. The number of aromatic nitrogens is 5. The van der Waals surface area contributed by atoms with E-state index in [0.29, 0.717) is 36.4 Å². The molecule has 6 rings (SSSR count). The van der Waals surface area contributed by atoms with Gasteiger partial charge in [0, 0.05) is 36.7 Å². The third-order valence-electron chi connectivity index (χ3n) is 6.33. The Labute approximate surface area is 199 Å². The second kappa shape index (κ2) is 8.52. The highest BCUT2D eigenvalue weighted by molar-refractivity contribution is 5.95. The second-order valence-electron chi connectivity index (χ2n) is 8.66. The van der Waals surface area contributed by atoms with Crippen LogP contribution in [0.5, 0.6) is 0 Å². The molecule has 3 aromatic heterocycles. The molecule has 0 aliphatic carbocycles. The Morgan fingerprint density at radius 2 is 1.94 bits per heavy atom. The lowest BCUT2D eigenvalue weighted by Crippen LogP contribution is -2.30. The van der Waals surface area contributed by atoms with E-state index < -0.39 is 17.8 Å². The lowest BCUT2D eigenvalue weighted by Gasteiger charge is -2.16. The number of hydrogen-bond donors (Lipinski definition) is 1. The van der Waals surface area contributed by atoms with Crippen molar-refractivity contribution in [2.45, 2.75) is 18.9 Å². The van der Waals surface area contributed by atoms with Crippen molar-refractivity contribution in [1.82, 2.24) is 29.5 Å². The largest absolute Gasteiger partial charge is 0.391 e. The lowest BCUT2D eigenvalue weighted by atomic mass is 10.1. The molecular weight excluding hydrogens is 447 g/mol. The number of amides is 1. The van der Waals surface area contributed by atoms with E-state index in [2.05, 4.69) is 20.1 Å². The highest BCUT2D eigenvalue weighted by atomic mass is 19.1. The number of carbonyl (C=O) groups is 1. The first-order valence-corrected chi connectivity index (χ1v) is 11.4. The van der Waals surface area contributed by atoms with Gasteiger partial charge in [-0.3, -0.25) is 9.78 Å². The van der Waals surface area contributed by atoms with E-state index in [1.807, 2.05) is 30.3 Å². The number of pyridine rings is 1. The summed E-state index contributed by atoms with van der Waals surface area (Å²) in [5.41, 5.74) is 3.72. The van der Waals surface area contributed by atoms with E-state index in [9.17, 15) is 14.3 Å². The van der Waals surface area contributed by atoms with Gasteiger partial charge >= 0.3 is 0 Å². The summed E-state index contributed by atoms with van der Waals surface area (Å²) in [5.74, 6) is -0.618. The first kappa shape index (κ1) is 21.3. The van der Waals surface area contributed by atoms with Crippen molar-refractivity contribution in [2.75, 3.05) is 13.1 Å². The summed E-state index contributed by atoms with van der Waals surface area (Å²) in [6.07, 6.45) is 5.54. The summed E-state index contributed by atoms with van der Waals surface area (Å²) in [6.45, 7) is 0.636. The van der Waals surface area contributed by atoms with Gasteiger partial charge in [0.1, 0.15) is 11.5 Å². The summed E-state index contributed by atoms with van der Waals surface area (Å²) in [4.78, 5) is 27.4. The van der Waals surface area contributed by atoms with Crippen LogP contribution < -0.4 is 0 Å². The van der Waals surface area contributed by atoms with Crippen LogP contribution in [0.4, 0.5) is 4.39 Å². The molecule has 0 saturated carbocycles. The smallest absolute Gasteiger partial charge is 0.256 e. The van der Waals surface area contributed by atoms with Crippen molar-refractivity contribution in [1.29, 1.82) is 0 Å². The summed E-state index contributed by atoms with van der Waals surface area (Å²) in [6, 6.07) is 14.4. The zero-order valence-electron chi connectivity index (χ0n) is 18.7. The molecule has 4 heterocycles. The minimum atomic E-state index is -0.636. The number of benzene rings is 2. The molecule has 1 aliphatic heterocycles. The molecule has 1 fully saturated rings. The fourth-order valence-electron chi connectivity index (χ4n) is 4.52. The highest BCUT2D eigenvalue weighted by Crippen LogP contribution is 2.24. The number of aliphatic hydroxyl groups is 1. The molecule has 1 amide bonds. The van der Waals surface area contributed by atoms with Gasteiger partial charge in [0.05, 0.1) is 35.3 Å². The molecule has 9 heteroatoms. The van der Waals surface area contributed by atoms with Crippen LogP contribution in [-0.4, -0.2) is 59.7 Å². The fraction of sp³-hybridized carbons (Fsp3) is 0.192. The first-order valence-electron chi connectivity index (χ1n) is 11.4. The number of rotatable bonds is 4. The van der Waals surface area contributed by atoms with Gasteiger partial charge in [-0.15, -0.1) is 0 Å². The molecule has 0 spiro atoms. The lowest BCUT2D eigenvalue weighted by molar-refractivity contribution is 0.0760. The maximum absolute atomic E-state index is 14.9. The number of β-amino-alcohol motifs (C(OH)–C–C–N with tert-alkyl or cyclic N) is 1. The summed E-state index contributed by atoms with van der Waals surface area (Å²) in [7, 11) is 0. The van der Waals surface area contributed by atoms with Crippen LogP contribution in [0.1, 0.15) is 28.0 Å². The predicted octanol–water partition coefficient (Wildman–Crippen LogP) is 3.28. The summed E-state index contributed by atoms with van der Waals surface area (Å²) in [5, 5.41) is 15.4. The average molecular weight is 468 g/mol. The molecule has 2 aromatic carbocycles. The molecule has 8 nitrogen and oxygen atoms in total. The van der Waals surface area contributed by atoms with Gasteiger partial charge in [-0.2, -0.15) is 5.10 Å². The zero-order valence-corrected chi connectivity index (χ0v) is 18.7. The molecule has 35 heavy (non-hydrogen) atoms. The monoisotopic (exact) mass is 468 g/mol. The molecule has 1 N–H and O–H groups in total. The molecule has 1 aliphatic rings. The second-order valence-corrected chi connectivity index (χ2v) is 8.66. The minimum absolute atomic E-state index is 0.0244. The Morgan fingerprint density at radius 3 is 2.77 bits per heavy atom. The molecule has 0 unspecified atom stereocenters. The maximum Gasteiger partial charge on any atom is 0.256 e. The number of hydrogen-bond acceptors (Lipinski definition) is 6. The van der Waals surface area contributed by atoms with Crippen LogP contribution in [0.2, 0.25) is 0 Å². The van der Waals surface area contributed by atoms with Crippen molar-refractivity contribution in [3.05, 3.63) is 89.8 Å². The molecule has 0 radical (unpaired) electrons. The van der Waals surface area contributed by atoms with Gasteiger partial charge in [-0.1, -0.05) is 30.3 Å². The summed E-state index contributed by atoms with van der Waals surface area (Å²) >= 11 is 0. The molecular formula is C26H21FN6O2. The third-order valence-corrected chi connectivity index (χ3v) is 6.33. The predicted molar refractivity (Wildman–Crippen MR) is 127 cm³/mol. The number of nitrogens with zero attached hydrogens (tertiary/aromatic N) is 6. The number of fused-ring (bicyclic) bond motifs is 2. The van der Waals surface area contributed by atoms with E-state index >= 15 is 0 Å². The number of likely N-dealkylation sites (tertiary alicyclic amines) is 1. The van der Waals surface area contributed by atoms with Crippen LogP contribution in [0, 0.1) is 5.82 Å². The molecule has 0 bridgehead atoms. The van der Waals surface area contributed by atoms with Crippen LogP contribution in [0.3, 0.4) is 0 Å². The Bertz CT molecular complexity index is 1580. The number of halogens is 1. The normalized spacial score (nSPS) is 15.8. The topological polar surface area (TPSA) is 96.5 Å². The Kier molecular flexibility index (Phi) is 5.18. The standard InChI is InChI=1S/C26H21FN6O2/c27-22-12-17(6-7-21(22)25(35)32-10-8-20(34)15-32)23-14-30-26-29-13-19(33(26)31-23)11-18-4-1-3-16-5-2-9-28-24(16)18/h1-7,9,12-14,20,34H,8,10-11,15H2/t20-/m1/s1. The van der Waals surface area contributed by atoms with Gasteiger partial charge in [-0.05, 0) is 30.2 Å². The maximum atomic E-state index is 14.9. The summed E-state index contributed by atoms with van der Waals surface area (Å²) < 4.78 is 16.6. The van der Waals surface area contributed by atoms with E-state index in [-0.39, 0.29) is 12.1 Å². The quantitative estimate of drug-likeness (QED) is 0.435. The third kappa shape index (κ3) is 3.89. The van der Waals surface area contributed by atoms with Crippen molar-refractivity contribution >= 4 is 22.6 Å². The van der Waals surface area contributed by atoms with Gasteiger partial charge in [-0.25, -0.2) is 18.9 Å². The van der Waals surface area contributed by atoms with Crippen LogP contribution >= 0.6 is 0 Å².